The molecule has 1 N–H and O–H groups in total. The molecule has 5 nitrogen and oxygen atoms in total. The molecule has 0 bridgehead atoms. The van der Waals surface area contributed by atoms with E-state index in [1.165, 1.54) is 4.88 Å². The first kappa shape index (κ1) is 14.2. The molecule has 21 heavy (non-hydrogen) atoms. The smallest absolute Gasteiger partial charge is 0.143 e. The van der Waals surface area contributed by atoms with E-state index < -0.39 is 0 Å². The summed E-state index contributed by atoms with van der Waals surface area (Å²) in [6, 6.07) is 8.58. The number of hydrogen-bond acceptors (Lipinski definition) is 5. The Hall–Kier alpha value is -1.73. The molecule has 0 saturated carbocycles. The largest absolute Gasteiger partial charge is 0.378 e. The predicted molar refractivity (Wildman–Crippen MR) is 87.9 cm³/mol. The van der Waals surface area contributed by atoms with Crippen LogP contribution in [0.5, 0.6) is 0 Å². The predicted octanol–water partition coefficient (Wildman–Crippen LogP) is 3.97. The zero-order chi connectivity index (χ0) is 14.8. The third-order valence-corrected chi connectivity index (χ3v) is 5.07. The zero-order valence-corrected chi connectivity index (χ0v) is 14.0. The molecule has 0 spiro atoms. The second-order valence-corrected chi connectivity index (χ2v) is 6.65. The summed E-state index contributed by atoms with van der Waals surface area (Å²) in [5.74, 6) is 0. The molecule has 3 aromatic rings. The zero-order valence-electron chi connectivity index (χ0n) is 11.6. The van der Waals surface area contributed by atoms with Gasteiger partial charge in [0.05, 0.1) is 11.7 Å². The molecule has 0 fully saturated rings. The van der Waals surface area contributed by atoms with Crippen molar-refractivity contribution in [3.05, 3.63) is 50.9 Å². The Morgan fingerprint density at radius 2 is 2.19 bits per heavy atom. The molecule has 0 aliphatic carbocycles. The molecule has 3 rings (SSSR count). The third-order valence-electron chi connectivity index (χ3n) is 3.19. The van der Waals surface area contributed by atoms with E-state index >= 15 is 0 Å². The van der Waals surface area contributed by atoms with E-state index in [-0.39, 0.29) is 6.04 Å². The van der Waals surface area contributed by atoms with E-state index in [4.69, 9.17) is 0 Å². The molecule has 0 aliphatic rings. The third kappa shape index (κ3) is 3.14. The van der Waals surface area contributed by atoms with Crippen LogP contribution in [-0.4, -0.2) is 20.2 Å². The Morgan fingerprint density at radius 3 is 2.81 bits per heavy atom. The molecular weight excluding hydrogens is 350 g/mol. The van der Waals surface area contributed by atoms with Crippen LogP contribution in [0.3, 0.4) is 0 Å². The topological polar surface area (TPSA) is 55.6 Å². The van der Waals surface area contributed by atoms with Crippen molar-refractivity contribution in [3.63, 3.8) is 0 Å². The second-order valence-electron chi connectivity index (χ2n) is 4.79. The van der Waals surface area contributed by atoms with Crippen LogP contribution < -0.4 is 5.32 Å². The lowest BCUT2D eigenvalue weighted by Crippen LogP contribution is -2.06. The summed E-state index contributed by atoms with van der Waals surface area (Å²) in [6.45, 7) is 4.21. The number of benzene rings is 1. The molecule has 2 aromatic heterocycles. The summed E-state index contributed by atoms with van der Waals surface area (Å²) in [5.41, 5.74) is 3.19. The highest BCUT2D eigenvalue weighted by molar-refractivity contribution is 9.10. The first-order valence-electron chi connectivity index (χ1n) is 6.48. The lowest BCUT2D eigenvalue weighted by atomic mass is 10.1. The van der Waals surface area contributed by atoms with Crippen LogP contribution in [0.4, 0.5) is 5.69 Å². The molecule has 0 radical (unpaired) electrons. The highest BCUT2D eigenvalue weighted by Gasteiger charge is 2.09. The summed E-state index contributed by atoms with van der Waals surface area (Å²) in [5, 5.41) is 16.9. The summed E-state index contributed by atoms with van der Waals surface area (Å²) in [6.07, 6.45) is 1.60. The lowest BCUT2D eigenvalue weighted by Gasteiger charge is -2.15. The number of tetrazole rings is 1. The van der Waals surface area contributed by atoms with Gasteiger partial charge in [0.1, 0.15) is 6.33 Å². The van der Waals surface area contributed by atoms with E-state index in [2.05, 4.69) is 68.1 Å². The van der Waals surface area contributed by atoms with Crippen LogP contribution in [-0.2, 0) is 0 Å². The highest BCUT2D eigenvalue weighted by atomic mass is 79.9. The summed E-state index contributed by atoms with van der Waals surface area (Å²) in [7, 11) is 0. The molecule has 0 amide bonds. The maximum Gasteiger partial charge on any atom is 0.143 e. The Bertz CT molecular complexity index is 738. The summed E-state index contributed by atoms with van der Waals surface area (Å²) < 4.78 is 2.79. The van der Waals surface area contributed by atoms with Gasteiger partial charge in [-0.25, -0.2) is 4.68 Å². The van der Waals surface area contributed by atoms with Gasteiger partial charge < -0.3 is 5.32 Å². The van der Waals surface area contributed by atoms with Gasteiger partial charge in [0, 0.05) is 20.4 Å². The molecule has 108 valence electrons. The van der Waals surface area contributed by atoms with Gasteiger partial charge in [0.2, 0.25) is 0 Å². The van der Waals surface area contributed by atoms with Crippen molar-refractivity contribution >= 4 is 33.0 Å². The number of halogens is 1. The monoisotopic (exact) mass is 363 g/mol. The lowest BCUT2D eigenvalue weighted by molar-refractivity contribution is 0.785. The number of aryl methyl sites for hydroxylation is 1. The number of anilines is 1. The van der Waals surface area contributed by atoms with Crippen molar-refractivity contribution in [2.45, 2.75) is 19.9 Å². The number of nitrogens with zero attached hydrogens (tertiary/aromatic N) is 4. The first-order chi connectivity index (χ1) is 10.1. The van der Waals surface area contributed by atoms with Crippen LogP contribution >= 0.6 is 27.3 Å². The fraction of sp³-hybridized carbons (Fsp3) is 0.214. The van der Waals surface area contributed by atoms with Gasteiger partial charge in [-0.3, -0.25) is 0 Å². The van der Waals surface area contributed by atoms with E-state index in [0.29, 0.717) is 0 Å². The second kappa shape index (κ2) is 5.95. The Kier molecular flexibility index (Phi) is 4.03. The minimum absolute atomic E-state index is 0.264. The van der Waals surface area contributed by atoms with Gasteiger partial charge in [-0.05, 0) is 70.0 Å². The molecule has 0 aliphatic heterocycles. The average Bonchev–Trinajstić information content (AvgIpc) is 3.10. The van der Waals surface area contributed by atoms with Crippen LogP contribution in [0.1, 0.15) is 23.4 Å². The molecule has 0 saturated heterocycles. The van der Waals surface area contributed by atoms with Crippen molar-refractivity contribution in [1.82, 2.24) is 20.2 Å². The molecule has 1 unspecified atom stereocenters. The van der Waals surface area contributed by atoms with Crippen LogP contribution in [0.2, 0.25) is 0 Å². The Morgan fingerprint density at radius 1 is 1.33 bits per heavy atom. The molecular formula is C14H14BrN5S. The average molecular weight is 364 g/mol. The van der Waals surface area contributed by atoms with Gasteiger partial charge in [0.25, 0.3) is 0 Å². The quantitative estimate of drug-likeness (QED) is 0.761. The van der Waals surface area contributed by atoms with Gasteiger partial charge in [-0.2, -0.15) is 0 Å². The maximum absolute atomic E-state index is 3.92. The Balaban J connectivity index is 1.79. The van der Waals surface area contributed by atoms with E-state index in [0.717, 1.165) is 21.4 Å². The molecule has 1 aromatic carbocycles. The molecule has 7 heteroatoms. The van der Waals surface area contributed by atoms with Crippen molar-refractivity contribution in [2.24, 2.45) is 0 Å². The maximum atomic E-state index is 3.92. The molecule has 1 atom stereocenters. The highest BCUT2D eigenvalue weighted by Crippen LogP contribution is 2.28. The molecule has 2 heterocycles. The summed E-state index contributed by atoms with van der Waals surface area (Å²) in [4.78, 5) is 1.30. The van der Waals surface area contributed by atoms with E-state index in [9.17, 15) is 0 Å². The van der Waals surface area contributed by atoms with Gasteiger partial charge >= 0.3 is 0 Å². The summed E-state index contributed by atoms with van der Waals surface area (Å²) >= 11 is 5.23. The van der Waals surface area contributed by atoms with E-state index in [1.807, 2.05) is 12.1 Å². The minimum Gasteiger partial charge on any atom is -0.378 e. The van der Waals surface area contributed by atoms with Gasteiger partial charge in [0.15, 0.2) is 0 Å². The number of nitrogens with one attached hydrogen (secondary N) is 1. The van der Waals surface area contributed by atoms with Crippen molar-refractivity contribution in [2.75, 3.05) is 5.32 Å². The van der Waals surface area contributed by atoms with Crippen molar-refractivity contribution in [1.29, 1.82) is 0 Å². The van der Waals surface area contributed by atoms with Gasteiger partial charge in [-0.1, -0.05) is 0 Å². The van der Waals surface area contributed by atoms with Crippen LogP contribution in [0.15, 0.2) is 40.4 Å². The van der Waals surface area contributed by atoms with Crippen molar-refractivity contribution < 1.29 is 0 Å². The van der Waals surface area contributed by atoms with E-state index in [1.54, 1.807) is 22.3 Å². The number of aromatic nitrogens is 4. The SMILES string of the molecule is Cc1cc(NC(C)c2cc(Br)cs2)ccc1-n1cnnn1. The fourth-order valence-electron chi connectivity index (χ4n) is 2.15. The van der Waals surface area contributed by atoms with Gasteiger partial charge in [-0.15, -0.1) is 16.4 Å². The fourth-order valence-corrected chi connectivity index (χ4v) is 3.60. The van der Waals surface area contributed by atoms with Crippen LogP contribution in [0, 0.1) is 6.92 Å². The minimum atomic E-state index is 0.264. The Labute approximate surface area is 135 Å². The number of rotatable bonds is 4. The number of hydrogen-bond donors (Lipinski definition) is 1. The first-order valence-corrected chi connectivity index (χ1v) is 8.15. The van der Waals surface area contributed by atoms with Crippen LogP contribution in [0.25, 0.3) is 5.69 Å². The van der Waals surface area contributed by atoms with Crippen molar-refractivity contribution in [3.8, 4) is 5.69 Å². The number of thiophene rings is 1. The normalized spacial score (nSPS) is 12.3. The standard InChI is InChI=1S/C14H14BrN5S/c1-9-5-12(3-4-13(9)20-8-16-18-19-20)17-10(2)14-6-11(15)7-21-14/h3-8,10,17H,1-2H3.